The molecule has 0 saturated heterocycles. The van der Waals surface area contributed by atoms with Gasteiger partial charge in [-0.3, -0.25) is 0 Å². The number of aliphatic hydroxyl groups is 1. The molecular weight excluding hydrogens is 202 g/mol. The van der Waals surface area contributed by atoms with Gasteiger partial charge in [-0.25, -0.2) is 0 Å². The molecule has 1 unspecified atom stereocenters. The van der Waals surface area contributed by atoms with Crippen LogP contribution < -0.4 is 10.5 Å². The lowest BCUT2D eigenvalue weighted by atomic mass is 9.80. The van der Waals surface area contributed by atoms with E-state index in [0.717, 1.165) is 11.3 Å². The highest BCUT2D eigenvalue weighted by molar-refractivity contribution is 5.32. The molecule has 1 rings (SSSR count). The predicted molar refractivity (Wildman–Crippen MR) is 65.7 cm³/mol. The minimum Gasteiger partial charge on any atom is -0.497 e. The van der Waals surface area contributed by atoms with Gasteiger partial charge in [-0.05, 0) is 38.0 Å². The van der Waals surface area contributed by atoms with Gasteiger partial charge >= 0.3 is 0 Å². The van der Waals surface area contributed by atoms with Crippen LogP contribution in [0.3, 0.4) is 0 Å². The summed E-state index contributed by atoms with van der Waals surface area (Å²) in [5.41, 5.74) is 6.90. The van der Waals surface area contributed by atoms with Crippen molar-refractivity contribution >= 4 is 0 Å². The normalized spacial score (nSPS) is 13.6. The van der Waals surface area contributed by atoms with Crippen LogP contribution >= 0.6 is 0 Å². The van der Waals surface area contributed by atoms with Crippen molar-refractivity contribution in [3.63, 3.8) is 0 Å². The second-order valence-corrected chi connectivity index (χ2v) is 4.66. The average Bonchev–Trinajstić information content (AvgIpc) is 2.24. The van der Waals surface area contributed by atoms with Crippen LogP contribution in [0.1, 0.15) is 31.7 Å². The lowest BCUT2D eigenvalue weighted by Crippen LogP contribution is -2.39. The summed E-state index contributed by atoms with van der Waals surface area (Å²) in [6, 6.07) is 7.86. The fraction of sp³-hybridized carbons (Fsp3) is 0.538. The van der Waals surface area contributed by atoms with Crippen molar-refractivity contribution < 1.29 is 9.84 Å². The molecule has 0 saturated carbocycles. The van der Waals surface area contributed by atoms with E-state index in [0.29, 0.717) is 6.42 Å². The Labute approximate surface area is 97.2 Å². The molecule has 0 radical (unpaired) electrons. The van der Waals surface area contributed by atoms with Crippen molar-refractivity contribution in [2.45, 2.75) is 31.7 Å². The number of rotatable bonds is 5. The second-order valence-electron chi connectivity index (χ2n) is 4.66. The van der Waals surface area contributed by atoms with Gasteiger partial charge in [-0.15, -0.1) is 0 Å². The standard InChI is InChI=1S/C13H21NO2/c1-13(2,14)12(7-8-15)10-5-4-6-11(9-10)16-3/h4-6,9,12,15H,7-8,14H2,1-3H3. The number of ether oxygens (including phenoxy) is 1. The summed E-state index contributed by atoms with van der Waals surface area (Å²) in [5.74, 6) is 0.956. The van der Waals surface area contributed by atoms with E-state index in [2.05, 4.69) is 0 Å². The maximum atomic E-state index is 9.10. The third-order valence-electron chi connectivity index (χ3n) is 2.81. The molecule has 3 N–H and O–H groups in total. The molecule has 0 fully saturated rings. The topological polar surface area (TPSA) is 55.5 Å². The van der Waals surface area contributed by atoms with E-state index in [1.807, 2.05) is 38.1 Å². The highest BCUT2D eigenvalue weighted by Crippen LogP contribution is 2.31. The van der Waals surface area contributed by atoms with Crippen LogP contribution in [0, 0.1) is 0 Å². The molecule has 0 amide bonds. The summed E-state index contributed by atoms with van der Waals surface area (Å²) in [5, 5.41) is 9.10. The highest BCUT2D eigenvalue weighted by atomic mass is 16.5. The minimum atomic E-state index is -0.352. The molecule has 1 aromatic rings. The SMILES string of the molecule is COc1cccc(C(CCO)C(C)(C)N)c1. The zero-order chi connectivity index (χ0) is 12.2. The van der Waals surface area contributed by atoms with Crippen LogP contribution in [0.15, 0.2) is 24.3 Å². The van der Waals surface area contributed by atoms with Crippen LogP contribution in [-0.2, 0) is 0 Å². The van der Waals surface area contributed by atoms with E-state index in [1.54, 1.807) is 7.11 Å². The quantitative estimate of drug-likeness (QED) is 0.801. The van der Waals surface area contributed by atoms with Crippen molar-refractivity contribution in [1.82, 2.24) is 0 Å². The van der Waals surface area contributed by atoms with Gasteiger partial charge in [0.15, 0.2) is 0 Å². The smallest absolute Gasteiger partial charge is 0.119 e. The summed E-state index contributed by atoms with van der Waals surface area (Å²) >= 11 is 0. The third-order valence-corrected chi connectivity index (χ3v) is 2.81. The van der Waals surface area contributed by atoms with Gasteiger partial charge < -0.3 is 15.6 Å². The summed E-state index contributed by atoms with van der Waals surface area (Å²) in [4.78, 5) is 0. The summed E-state index contributed by atoms with van der Waals surface area (Å²) in [6.45, 7) is 4.10. The molecule has 16 heavy (non-hydrogen) atoms. The highest BCUT2D eigenvalue weighted by Gasteiger charge is 2.26. The van der Waals surface area contributed by atoms with Crippen LogP contribution in [-0.4, -0.2) is 24.4 Å². The lowest BCUT2D eigenvalue weighted by Gasteiger charge is -2.30. The molecule has 0 aromatic heterocycles. The molecule has 3 heteroatoms. The van der Waals surface area contributed by atoms with E-state index in [4.69, 9.17) is 15.6 Å². The van der Waals surface area contributed by atoms with E-state index < -0.39 is 0 Å². The molecule has 0 aliphatic heterocycles. The Kier molecular flexibility index (Phi) is 4.33. The molecule has 1 aromatic carbocycles. The van der Waals surface area contributed by atoms with Crippen LogP contribution in [0.2, 0.25) is 0 Å². The van der Waals surface area contributed by atoms with Gasteiger partial charge in [0.25, 0.3) is 0 Å². The Morgan fingerprint density at radius 3 is 2.62 bits per heavy atom. The van der Waals surface area contributed by atoms with Gasteiger partial charge in [-0.1, -0.05) is 12.1 Å². The zero-order valence-electron chi connectivity index (χ0n) is 10.2. The van der Waals surface area contributed by atoms with E-state index in [-0.39, 0.29) is 18.1 Å². The van der Waals surface area contributed by atoms with Crippen molar-refractivity contribution in [2.24, 2.45) is 5.73 Å². The fourth-order valence-corrected chi connectivity index (χ4v) is 1.96. The first-order chi connectivity index (χ1) is 7.49. The Morgan fingerprint density at radius 1 is 1.44 bits per heavy atom. The number of nitrogens with two attached hydrogens (primary N) is 1. The van der Waals surface area contributed by atoms with Gasteiger partial charge in [0, 0.05) is 18.1 Å². The first-order valence-corrected chi connectivity index (χ1v) is 5.52. The Balaban J connectivity index is 3.01. The number of hydrogen-bond acceptors (Lipinski definition) is 3. The van der Waals surface area contributed by atoms with Gasteiger partial charge in [0.2, 0.25) is 0 Å². The number of benzene rings is 1. The first-order valence-electron chi connectivity index (χ1n) is 5.52. The Morgan fingerprint density at radius 2 is 2.12 bits per heavy atom. The molecule has 0 heterocycles. The molecule has 0 bridgehead atoms. The first kappa shape index (κ1) is 13.0. The largest absolute Gasteiger partial charge is 0.497 e. The predicted octanol–water partition coefficient (Wildman–Crippen LogP) is 1.90. The maximum Gasteiger partial charge on any atom is 0.119 e. The molecule has 90 valence electrons. The van der Waals surface area contributed by atoms with Gasteiger partial charge in [0.1, 0.15) is 5.75 Å². The monoisotopic (exact) mass is 223 g/mol. The van der Waals surface area contributed by atoms with Crippen molar-refractivity contribution in [2.75, 3.05) is 13.7 Å². The van der Waals surface area contributed by atoms with E-state index in [1.165, 1.54) is 0 Å². The van der Waals surface area contributed by atoms with E-state index in [9.17, 15) is 0 Å². The van der Waals surface area contributed by atoms with Gasteiger partial charge in [-0.2, -0.15) is 0 Å². The molecule has 0 aliphatic carbocycles. The molecule has 3 nitrogen and oxygen atoms in total. The molecule has 0 aliphatic rings. The number of methoxy groups -OCH3 is 1. The van der Waals surface area contributed by atoms with Crippen molar-refractivity contribution in [1.29, 1.82) is 0 Å². The summed E-state index contributed by atoms with van der Waals surface area (Å²) in [7, 11) is 1.65. The molecular formula is C13H21NO2. The number of hydrogen-bond donors (Lipinski definition) is 2. The Hall–Kier alpha value is -1.06. The van der Waals surface area contributed by atoms with Crippen molar-refractivity contribution in [3.05, 3.63) is 29.8 Å². The zero-order valence-corrected chi connectivity index (χ0v) is 10.2. The van der Waals surface area contributed by atoms with Crippen LogP contribution in [0.25, 0.3) is 0 Å². The molecule has 1 atom stereocenters. The summed E-state index contributed by atoms with van der Waals surface area (Å²) < 4.78 is 5.19. The lowest BCUT2D eigenvalue weighted by molar-refractivity contribution is 0.250. The van der Waals surface area contributed by atoms with Crippen LogP contribution in [0.4, 0.5) is 0 Å². The average molecular weight is 223 g/mol. The Bertz CT molecular complexity index is 331. The molecule has 0 spiro atoms. The number of aliphatic hydroxyl groups excluding tert-OH is 1. The summed E-state index contributed by atoms with van der Waals surface area (Å²) in [6.07, 6.45) is 0.663. The fourth-order valence-electron chi connectivity index (χ4n) is 1.96. The van der Waals surface area contributed by atoms with Crippen LogP contribution in [0.5, 0.6) is 5.75 Å². The van der Waals surface area contributed by atoms with E-state index >= 15 is 0 Å². The third kappa shape index (κ3) is 3.22. The minimum absolute atomic E-state index is 0.132. The van der Waals surface area contributed by atoms with Crippen molar-refractivity contribution in [3.8, 4) is 5.75 Å². The second kappa shape index (κ2) is 5.32. The van der Waals surface area contributed by atoms with Gasteiger partial charge in [0.05, 0.1) is 7.11 Å². The maximum absolute atomic E-state index is 9.10.